The maximum Gasteiger partial charge on any atom is 0.335 e. The normalized spacial score (nSPS) is 10.8. The molecule has 0 bridgehead atoms. The molecule has 0 unspecified atom stereocenters. The maximum absolute atomic E-state index is 10.9. The summed E-state index contributed by atoms with van der Waals surface area (Å²) < 4.78 is 1.44. The predicted molar refractivity (Wildman–Crippen MR) is 115 cm³/mol. The number of nitrogens with one attached hydrogen (secondary N) is 2. The summed E-state index contributed by atoms with van der Waals surface area (Å²) in [5.74, 6) is -1.02. The molecule has 0 fully saturated rings. The number of nitrogens with zero attached hydrogens (tertiary/aromatic N) is 3. The van der Waals surface area contributed by atoms with Gasteiger partial charge in [-0.05, 0) is 62.5 Å². The monoisotopic (exact) mass is 409 g/mol. The van der Waals surface area contributed by atoms with E-state index in [0.29, 0.717) is 16.9 Å². The van der Waals surface area contributed by atoms with Crippen LogP contribution in [-0.2, 0) is 0 Å². The summed E-state index contributed by atoms with van der Waals surface area (Å²) >= 11 is 5.16. The Morgan fingerprint density at radius 1 is 1.14 bits per heavy atom. The van der Waals surface area contributed by atoms with Crippen molar-refractivity contribution in [1.29, 1.82) is 0 Å². The SMILES string of the molecule is Cc1ccc(-n2nc(C)c(/C=N/NC(=S)Nc3ccc(C(=O)O)cc3)c2O)cc1. The minimum Gasteiger partial charge on any atom is -0.493 e. The number of aryl methyl sites for hydroxylation is 2. The van der Waals surface area contributed by atoms with Gasteiger partial charge in [-0.1, -0.05) is 17.7 Å². The van der Waals surface area contributed by atoms with Crippen LogP contribution in [0.4, 0.5) is 5.69 Å². The summed E-state index contributed by atoms with van der Waals surface area (Å²) in [5, 5.41) is 30.9. The molecule has 0 aliphatic heterocycles. The van der Waals surface area contributed by atoms with Gasteiger partial charge in [-0.3, -0.25) is 5.43 Å². The van der Waals surface area contributed by atoms with Crippen molar-refractivity contribution in [3.63, 3.8) is 0 Å². The Bertz CT molecular complexity index is 1070. The number of benzene rings is 2. The molecule has 0 amide bonds. The Hall–Kier alpha value is -3.72. The maximum atomic E-state index is 10.9. The Morgan fingerprint density at radius 2 is 1.79 bits per heavy atom. The zero-order valence-corrected chi connectivity index (χ0v) is 16.6. The molecule has 0 saturated heterocycles. The highest BCUT2D eigenvalue weighted by atomic mass is 32.1. The number of carbonyl (C=O) groups is 1. The molecule has 4 N–H and O–H groups in total. The van der Waals surface area contributed by atoms with Crippen LogP contribution in [0.2, 0.25) is 0 Å². The molecule has 0 aliphatic rings. The van der Waals surface area contributed by atoms with Gasteiger partial charge in [0.15, 0.2) is 5.11 Å². The van der Waals surface area contributed by atoms with E-state index in [2.05, 4.69) is 20.9 Å². The van der Waals surface area contributed by atoms with E-state index in [1.54, 1.807) is 19.1 Å². The third kappa shape index (κ3) is 4.77. The summed E-state index contributed by atoms with van der Waals surface area (Å²) in [6, 6.07) is 13.8. The number of hydrogen-bond acceptors (Lipinski definition) is 5. The lowest BCUT2D eigenvalue weighted by Gasteiger charge is -2.07. The van der Waals surface area contributed by atoms with Gasteiger partial charge in [-0.2, -0.15) is 10.2 Å². The molecule has 0 atom stereocenters. The minimum atomic E-state index is -0.997. The lowest BCUT2D eigenvalue weighted by atomic mass is 10.2. The number of aromatic nitrogens is 2. The number of hydrogen-bond donors (Lipinski definition) is 4. The fourth-order valence-electron chi connectivity index (χ4n) is 2.55. The molecule has 148 valence electrons. The van der Waals surface area contributed by atoms with E-state index in [0.717, 1.165) is 11.3 Å². The molecule has 0 spiro atoms. The van der Waals surface area contributed by atoms with Crippen LogP contribution in [0.5, 0.6) is 5.88 Å². The van der Waals surface area contributed by atoms with Crippen molar-refractivity contribution in [2.45, 2.75) is 13.8 Å². The minimum absolute atomic E-state index is 0.0277. The van der Waals surface area contributed by atoms with E-state index in [1.165, 1.54) is 23.0 Å². The van der Waals surface area contributed by atoms with Crippen molar-refractivity contribution in [1.82, 2.24) is 15.2 Å². The van der Waals surface area contributed by atoms with E-state index in [9.17, 15) is 9.90 Å². The molecule has 1 heterocycles. The number of rotatable bonds is 5. The number of thiocarbonyl (C=S) groups is 1. The van der Waals surface area contributed by atoms with Gasteiger partial charge < -0.3 is 15.5 Å². The molecule has 0 radical (unpaired) electrons. The molecule has 3 rings (SSSR count). The summed E-state index contributed by atoms with van der Waals surface area (Å²) in [7, 11) is 0. The Morgan fingerprint density at radius 3 is 2.41 bits per heavy atom. The van der Waals surface area contributed by atoms with Crippen molar-refractivity contribution in [2.75, 3.05) is 5.32 Å². The highest BCUT2D eigenvalue weighted by Gasteiger charge is 2.14. The quantitative estimate of drug-likeness (QED) is 0.291. The van der Waals surface area contributed by atoms with Crippen LogP contribution in [0.1, 0.15) is 27.2 Å². The van der Waals surface area contributed by atoms with Crippen molar-refractivity contribution in [2.24, 2.45) is 5.10 Å². The second kappa shape index (κ2) is 8.53. The van der Waals surface area contributed by atoms with Crippen molar-refractivity contribution in [3.8, 4) is 11.6 Å². The van der Waals surface area contributed by atoms with Crippen LogP contribution >= 0.6 is 12.2 Å². The van der Waals surface area contributed by atoms with Crippen molar-refractivity contribution < 1.29 is 15.0 Å². The number of anilines is 1. The molecule has 1 aromatic heterocycles. The first-order chi connectivity index (χ1) is 13.8. The predicted octanol–water partition coefficient (Wildman–Crippen LogP) is 3.21. The average molecular weight is 409 g/mol. The third-order valence-electron chi connectivity index (χ3n) is 4.11. The largest absolute Gasteiger partial charge is 0.493 e. The van der Waals surface area contributed by atoms with Gasteiger partial charge in [-0.15, -0.1) is 0 Å². The van der Waals surface area contributed by atoms with E-state index >= 15 is 0 Å². The molecular formula is C20H19N5O3S. The van der Waals surface area contributed by atoms with Crippen molar-refractivity contribution in [3.05, 3.63) is 70.9 Å². The number of carboxylic acids is 1. The van der Waals surface area contributed by atoms with E-state index in [1.807, 2.05) is 31.2 Å². The zero-order valence-electron chi connectivity index (χ0n) is 15.7. The first-order valence-corrected chi connectivity index (χ1v) is 9.05. The molecule has 3 aromatic rings. The van der Waals surface area contributed by atoms with Crippen molar-refractivity contribution >= 4 is 35.2 Å². The van der Waals surface area contributed by atoms with Crippen LogP contribution in [0.3, 0.4) is 0 Å². The highest BCUT2D eigenvalue weighted by Crippen LogP contribution is 2.23. The lowest BCUT2D eigenvalue weighted by molar-refractivity contribution is 0.0697. The molecule has 29 heavy (non-hydrogen) atoms. The van der Waals surface area contributed by atoms with Gasteiger partial charge in [-0.25, -0.2) is 9.48 Å². The second-order valence-electron chi connectivity index (χ2n) is 6.28. The fraction of sp³-hybridized carbons (Fsp3) is 0.100. The molecule has 9 heteroatoms. The molecule has 2 aromatic carbocycles. The third-order valence-corrected chi connectivity index (χ3v) is 4.30. The van der Waals surface area contributed by atoms with Crippen LogP contribution in [0, 0.1) is 13.8 Å². The number of aromatic hydroxyl groups is 1. The van der Waals surface area contributed by atoms with Crippen LogP contribution in [0.25, 0.3) is 5.69 Å². The highest BCUT2D eigenvalue weighted by molar-refractivity contribution is 7.80. The Labute approximate surface area is 172 Å². The topological polar surface area (TPSA) is 112 Å². The first-order valence-electron chi connectivity index (χ1n) is 8.64. The van der Waals surface area contributed by atoms with Crippen LogP contribution in [0.15, 0.2) is 53.6 Å². The summed E-state index contributed by atoms with van der Waals surface area (Å²) in [5.41, 5.74) is 6.38. The molecule has 8 nitrogen and oxygen atoms in total. The van der Waals surface area contributed by atoms with Crippen LogP contribution in [-0.4, -0.2) is 37.3 Å². The summed E-state index contributed by atoms with van der Waals surface area (Å²) in [6.07, 6.45) is 1.43. The molecule has 0 aliphatic carbocycles. The van der Waals surface area contributed by atoms with Gasteiger partial charge in [0.05, 0.1) is 28.7 Å². The van der Waals surface area contributed by atoms with Gasteiger partial charge >= 0.3 is 5.97 Å². The fourth-order valence-corrected chi connectivity index (χ4v) is 2.73. The molecular weight excluding hydrogens is 390 g/mol. The smallest absolute Gasteiger partial charge is 0.335 e. The lowest BCUT2D eigenvalue weighted by Crippen LogP contribution is -2.23. The zero-order chi connectivity index (χ0) is 21.0. The number of aromatic carboxylic acids is 1. The van der Waals surface area contributed by atoms with Gasteiger partial charge in [0.1, 0.15) is 0 Å². The summed E-state index contributed by atoms with van der Waals surface area (Å²) in [4.78, 5) is 10.9. The first kappa shape index (κ1) is 20.0. The Balaban J connectivity index is 1.66. The number of hydrazone groups is 1. The van der Waals surface area contributed by atoms with E-state index in [4.69, 9.17) is 17.3 Å². The van der Waals surface area contributed by atoms with E-state index in [-0.39, 0.29) is 16.6 Å². The summed E-state index contributed by atoms with van der Waals surface area (Å²) in [6.45, 7) is 3.76. The van der Waals surface area contributed by atoms with Gasteiger partial charge in [0.2, 0.25) is 5.88 Å². The second-order valence-corrected chi connectivity index (χ2v) is 6.68. The standard InChI is InChI=1S/C20H19N5O3S/c1-12-3-9-16(10-4-12)25-18(26)17(13(2)24-25)11-21-23-20(29)22-15-7-5-14(6-8-15)19(27)28/h3-11,26H,1-2H3,(H,27,28)(H2,22,23,29)/b21-11+. The van der Waals surface area contributed by atoms with Crippen LogP contribution < -0.4 is 10.7 Å². The number of carboxylic acid groups (broad SMARTS) is 1. The Kier molecular flexibility index (Phi) is 5.89. The van der Waals surface area contributed by atoms with E-state index < -0.39 is 5.97 Å². The molecule has 0 saturated carbocycles. The van der Waals surface area contributed by atoms with Gasteiger partial charge in [0.25, 0.3) is 0 Å². The van der Waals surface area contributed by atoms with Gasteiger partial charge in [0, 0.05) is 5.69 Å². The average Bonchev–Trinajstić information content (AvgIpc) is 2.97.